The van der Waals surface area contributed by atoms with E-state index in [0.717, 1.165) is 11.3 Å². The van der Waals surface area contributed by atoms with Gasteiger partial charge in [-0.2, -0.15) is 5.10 Å². The summed E-state index contributed by atoms with van der Waals surface area (Å²) in [6, 6.07) is 11.2. The summed E-state index contributed by atoms with van der Waals surface area (Å²) in [5, 5.41) is 16.1. The van der Waals surface area contributed by atoms with Gasteiger partial charge in [0.1, 0.15) is 5.69 Å². The molecule has 7 heteroatoms. The van der Waals surface area contributed by atoms with Crippen molar-refractivity contribution in [2.24, 2.45) is 0 Å². The van der Waals surface area contributed by atoms with Crippen LogP contribution in [0.25, 0.3) is 0 Å². The molecular formula is C18H24N4O3. The van der Waals surface area contributed by atoms with E-state index in [4.69, 9.17) is 0 Å². The fourth-order valence-electron chi connectivity index (χ4n) is 2.54. The van der Waals surface area contributed by atoms with Gasteiger partial charge in [0, 0.05) is 19.6 Å². The summed E-state index contributed by atoms with van der Waals surface area (Å²) < 4.78 is 1.60. The summed E-state index contributed by atoms with van der Waals surface area (Å²) in [4.78, 5) is 26.2. The second kappa shape index (κ2) is 8.98. The molecule has 0 fully saturated rings. The maximum absolute atomic E-state index is 12.4. The number of rotatable bonds is 8. The standard InChI is InChI=1S/C18H24N4O3/c1-3-22-16(11-14(2)20-22)18(25)19-12-17(24)21(9-10-23)13-15-7-5-4-6-8-15/h4-8,11,23H,3,9-10,12-13H2,1-2H3,(H,19,25). The zero-order valence-electron chi connectivity index (χ0n) is 14.6. The van der Waals surface area contributed by atoms with Crippen molar-refractivity contribution >= 4 is 11.8 Å². The highest BCUT2D eigenvalue weighted by Crippen LogP contribution is 2.06. The number of carbonyl (C=O) groups is 2. The van der Waals surface area contributed by atoms with Gasteiger partial charge in [0.15, 0.2) is 0 Å². The van der Waals surface area contributed by atoms with Crippen LogP contribution in [0, 0.1) is 6.92 Å². The summed E-state index contributed by atoms with van der Waals surface area (Å²) in [6.07, 6.45) is 0. The summed E-state index contributed by atoms with van der Waals surface area (Å²) in [5.41, 5.74) is 2.16. The minimum absolute atomic E-state index is 0.125. The highest BCUT2D eigenvalue weighted by Gasteiger charge is 2.17. The lowest BCUT2D eigenvalue weighted by Crippen LogP contribution is -2.41. The van der Waals surface area contributed by atoms with Crippen molar-refractivity contribution in [3.05, 3.63) is 53.3 Å². The van der Waals surface area contributed by atoms with Gasteiger partial charge in [0.25, 0.3) is 5.91 Å². The molecule has 25 heavy (non-hydrogen) atoms. The molecule has 2 rings (SSSR count). The van der Waals surface area contributed by atoms with Crippen LogP contribution in [0.4, 0.5) is 0 Å². The van der Waals surface area contributed by atoms with Gasteiger partial charge in [0.05, 0.1) is 18.8 Å². The molecule has 2 aromatic rings. The Morgan fingerprint density at radius 3 is 2.64 bits per heavy atom. The fourth-order valence-corrected chi connectivity index (χ4v) is 2.54. The lowest BCUT2D eigenvalue weighted by Gasteiger charge is -2.22. The van der Waals surface area contributed by atoms with Crippen LogP contribution < -0.4 is 5.32 Å². The molecule has 1 heterocycles. The smallest absolute Gasteiger partial charge is 0.269 e. The van der Waals surface area contributed by atoms with Crippen LogP contribution in [0.3, 0.4) is 0 Å². The Kier molecular flexibility index (Phi) is 6.71. The van der Waals surface area contributed by atoms with Gasteiger partial charge in [-0.05, 0) is 25.5 Å². The molecule has 1 aromatic carbocycles. The predicted octanol–water partition coefficient (Wildman–Crippen LogP) is 0.962. The van der Waals surface area contributed by atoms with Crippen LogP contribution >= 0.6 is 0 Å². The third kappa shape index (κ3) is 5.15. The van der Waals surface area contributed by atoms with Crippen molar-refractivity contribution in [1.82, 2.24) is 20.0 Å². The molecule has 0 bridgehead atoms. The summed E-state index contributed by atoms with van der Waals surface area (Å²) >= 11 is 0. The maximum Gasteiger partial charge on any atom is 0.269 e. The molecule has 134 valence electrons. The molecular weight excluding hydrogens is 320 g/mol. The van der Waals surface area contributed by atoms with Gasteiger partial charge in [-0.3, -0.25) is 14.3 Å². The molecule has 0 aliphatic heterocycles. The first-order valence-electron chi connectivity index (χ1n) is 8.30. The van der Waals surface area contributed by atoms with Crippen molar-refractivity contribution in [3.63, 3.8) is 0 Å². The Bertz CT molecular complexity index is 712. The average molecular weight is 344 g/mol. The number of hydrogen-bond acceptors (Lipinski definition) is 4. The van der Waals surface area contributed by atoms with Crippen molar-refractivity contribution < 1.29 is 14.7 Å². The molecule has 0 radical (unpaired) electrons. The van der Waals surface area contributed by atoms with Crippen LogP contribution in [-0.2, 0) is 17.9 Å². The highest BCUT2D eigenvalue weighted by atomic mass is 16.3. The molecule has 0 aliphatic rings. The number of benzene rings is 1. The van der Waals surface area contributed by atoms with Gasteiger partial charge in [-0.15, -0.1) is 0 Å². The molecule has 0 atom stereocenters. The number of nitrogens with one attached hydrogen (secondary N) is 1. The van der Waals surface area contributed by atoms with E-state index in [9.17, 15) is 14.7 Å². The number of amides is 2. The molecule has 0 spiro atoms. The third-order valence-electron chi connectivity index (χ3n) is 3.77. The Balaban J connectivity index is 1.97. The molecule has 2 amide bonds. The van der Waals surface area contributed by atoms with Crippen LogP contribution in [0.1, 0.15) is 28.7 Å². The Hall–Kier alpha value is -2.67. The SMILES string of the molecule is CCn1nc(C)cc1C(=O)NCC(=O)N(CCO)Cc1ccccc1. The van der Waals surface area contributed by atoms with Gasteiger partial charge in [-0.25, -0.2) is 0 Å². The lowest BCUT2D eigenvalue weighted by atomic mass is 10.2. The van der Waals surface area contributed by atoms with Gasteiger partial charge >= 0.3 is 0 Å². The van der Waals surface area contributed by atoms with E-state index in [1.165, 1.54) is 4.90 Å². The largest absolute Gasteiger partial charge is 0.395 e. The highest BCUT2D eigenvalue weighted by molar-refractivity contribution is 5.95. The molecule has 0 aliphatic carbocycles. The Morgan fingerprint density at radius 2 is 2.00 bits per heavy atom. The van der Waals surface area contributed by atoms with Crippen molar-refractivity contribution in [3.8, 4) is 0 Å². The minimum atomic E-state index is -0.334. The number of aliphatic hydroxyl groups is 1. The lowest BCUT2D eigenvalue weighted by molar-refractivity contribution is -0.131. The van der Waals surface area contributed by atoms with E-state index in [0.29, 0.717) is 18.8 Å². The van der Waals surface area contributed by atoms with Gasteiger partial charge < -0.3 is 15.3 Å². The molecule has 0 saturated carbocycles. The minimum Gasteiger partial charge on any atom is -0.395 e. The van der Waals surface area contributed by atoms with Crippen molar-refractivity contribution in [2.75, 3.05) is 19.7 Å². The third-order valence-corrected chi connectivity index (χ3v) is 3.77. The van der Waals surface area contributed by atoms with Gasteiger partial charge in [-0.1, -0.05) is 30.3 Å². The van der Waals surface area contributed by atoms with E-state index < -0.39 is 0 Å². The van der Waals surface area contributed by atoms with E-state index in [2.05, 4.69) is 10.4 Å². The van der Waals surface area contributed by atoms with Crippen molar-refractivity contribution in [1.29, 1.82) is 0 Å². The Labute approximate surface area is 147 Å². The molecule has 0 unspecified atom stereocenters. The van der Waals surface area contributed by atoms with E-state index in [1.807, 2.05) is 44.2 Å². The fraction of sp³-hybridized carbons (Fsp3) is 0.389. The predicted molar refractivity (Wildman–Crippen MR) is 93.9 cm³/mol. The summed E-state index contributed by atoms with van der Waals surface area (Å²) in [6.45, 7) is 4.65. The van der Waals surface area contributed by atoms with E-state index >= 15 is 0 Å². The zero-order valence-corrected chi connectivity index (χ0v) is 14.6. The second-order valence-electron chi connectivity index (χ2n) is 5.69. The molecule has 0 saturated heterocycles. The Morgan fingerprint density at radius 1 is 1.28 bits per heavy atom. The quantitative estimate of drug-likeness (QED) is 0.747. The van der Waals surface area contributed by atoms with Crippen LogP contribution in [0.2, 0.25) is 0 Å². The normalized spacial score (nSPS) is 10.5. The van der Waals surface area contributed by atoms with Gasteiger partial charge in [0.2, 0.25) is 5.91 Å². The molecule has 7 nitrogen and oxygen atoms in total. The molecule has 2 N–H and O–H groups in total. The maximum atomic E-state index is 12.4. The monoisotopic (exact) mass is 344 g/mol. The van der Waals surface area contributed by atoms with Crippen LogP contribution in [0.15, 0.2) is 36.4 Å². The van der Waals surface area contributed by atoms with Crippen LogP contribution in [-0.4, -0.2) is 51.3 Å². The average Bonchev–Trinajstić information content (AvgIpc) is 3.01. The number of nitrogens with zero attached hydrogens (tertiary/aromatic N) is 3. The van der Waals surface area contributed by atoms with E-state index in [1.54, 1.807) is 10.7 Å². The zero-order chi connectivity index (χ0) is 18.2. The molecule has 1 aromatic heterocycles. The van der Waals surface area contributed by atoms with E-state index in [-0.39, 0.29) is 31.5 Å². The second-order valence-corrected chi connectivity index (χ2v) is 5.69. The number of carbonyl (C=O) groups excluding carboxylic acids is 2. The summed E-state index contributed by atoms with van der Waals surface area (Å²) in [7, 11) is 0. The van der Waals surface area contributed by atoms with Crippen LogP contribution in [0.5, 0.6) is 0 Å². The first-order valence-corrected chi connectivity index (χ1v) is 8.30. The first-order chi connectivity index (χ1) is 12.0. The number of aromatic nitrogens is 2. The topological polar surface area (TPSA) is 87.5 Å². The first kappa shape index (κ1) is 18.7. The number of aryl methyl sites for hydroxylation is 2. The summed E-state index contributed by atoms with van der Waals surface area (Å²) in [5.74, 6) is -0.579. The van der Waals surface area contributed by atoms with Crippen molar-refractivity contribution in [2.45, 2.75) is 26.9 Å². The number of aliphatic hydroxyl groups excluding tert-OH is 1. The number of hydrogen-bond donors (Lipinski definition) is 2.